The number of hydrogen-bond donors (Lipinski definition) is 1. The maximum atomic E-state index is 12.4. The summed E-state index contributed by atoms with van der Waals surface area (Å²) < 4.78 is 12.4. The molecule has 0 saturated carbocycles. The lowest BCUT2D eigenvalue weighted by Gasteiger charge is -2.21. The van der Waals surface area contributed by atoms with Crippen LogP contribution in [0.4, 0.5) is 4.39 Å². The molecule has 0 aromatic heterocycles. The smallest absolute Gasteiger partial charge is 0.113 e. The van der Waals surface area contributed by atoms with Gasteiger partial charge in [-0.3, -0.25) is 0 Å². The Kier molecular flexibility index (Phi) is 1.84. The molecule has 1 saturated heterocycles. The quantitative estimate of drug-likeness (QED) is 0.498. The second-order valence-electron chi connectivity index (χ2n) is 2.60. The average molecular weight is 117 g/mol. The van der Waals surface area contributed by atoms with Crippen molar-refractivity contribution < 1.29 is 4.39 Å². The highest BCUT2D eigenvalue weighted by Gasteiger charge is 2.16. The Morgan fingerprint density at radius 1 is 1.50 bits per heavy atom. The van der Waals surface area contributed by atoms with Crippen LogP contribution in [0.2, 0.25) is 0 Å². The maximum Gasteiger partial charge on any atom is 0.113 e. The van der Waals surface area contributed by atoms with Crippen LogP contribution in [0.3, 0.4) is 0 Å². The van der Waals surface area contributed by atoms with Gasteiger partial charge >= 0.3 is 0 Å². The van der Waals surface area contributed by atoms with Crippen molar-refractivity contribution >= 4 is 0 Å². The molecular weight excluding hydrogens is 105 g/mol. The minimum atomic E-state index is -0.598. The van der Waals surface area contributed by atoms with Crippen molar-refractivity contribution in [2.45, 2.75) is 19.5 Å². The highest BCUT2D eigenvalue weighted by molar-refractivity contribution is 4.71. The number of alkyl halides is 1. The Morgan fingerprint density at radius 3 is 2.62 bits per heavy atom. The monoisotopic (exact) mass is 117 g/mol. The third-order valence-electron chi connectivity index (χ3n) is 1.52. The largest absolute Gasteiger partial charge is 0.314 e. The molecule has 1 N–H and O–H groups in total. The van der Waals surface area contributed by atoms with Gasteiger partial charge in [0.2, 0.25) is 0 Å². The highest BCUT2D eigenvalue weighted by atomic mass is 19.1. The van der Waals surface area contributed by atoms with E-state index in [4.69, 9.17) is 0 Å². The molecule has 1 heterocycles. The molecule has 0 amide bonds. The Morgan fingerprint density at radius 2 is 2.25 bits per heavy atom. The first-order valence-corrected chi connectivity index (χ1v) is 3.14. The lowest BCUT2D eigenvalue weighted by Crippen LogP contribution is -2.35. The van der Waals surface area contributed by atoms with Crippen LogP contribution in [-0.2, 0) is 0 Å². The Hall–Kier alpha value is -0.110. The number of halogens is 1. The van der Waals surface area contributed by atoms with Gasteiger partial charge in [0.25, 0.3) is 0 Å². The zero-order valence-corrected chi connectivity index (χ0v) is 5.15. The summed E-state index contributed by atoms with van der Waals surface area (Å²) in [6.07, 6.45) is 0.145. The summed E-state index contributed by atoms with van der Waals surface area (Å²) in [5.74, 6) is 0.527. The number of nitrogens with one attached hydrogen (secondary N) is 1. The summed E-state index contributed by atoms with van der Waals surface area (Å²) in [7, 11) is 0. The fourth-order valence-corrected chi connectivity index (χ4v) is 1.09. The van der Waals surface area contributed by atoms with Gasteiger partial charge < -0.3 is 5.32 Å². The summed E-state index contributed by atoms with van der Waals surface area (Å²) in [4.78, 5) is 0. The van der Waals surface area contributed by atoms with E-state index in [9.17, 15) is 4.39 Å². The van der Waals surface area contributed by atoms with Crippen molar-refractivity contribution in [1.82, 2.24) is 5.32 Å². The zero-order chi connectivity index (χ0) is 5.98. The van der Waals surface area contributed by atoms with Crippen LogP contribution < -0.4 is 5.32 Å². The number of rotatable bonds is 0. The molecule has 1 aliphatic rings. The van der Waals surface area contributed by atoms with Gasteiger partial charge in [-0.15, -0.1) is 0 Å². The van der Waals surface area contributed by atoms with Crippen LogP contribution in [0.15, 0.2) is 0 Å². The molecule has 0 aromatic carbocycles. The van der Waals surface area contributed by atoms with Gasteiger partial charge in [0.15, 0.2) is 0 Å². The minimum absolute atomic E-state index is 0.527. The molecule has 1 fully saturated rings. The van der Waals surface area contributed by atoms with E-state index in [0.29, 0.717) is 12.5 Å². The van der Waals surface area contributed by atoms with E-state index < -0.39 is 6.17 Å². The van der Waals surface area contributed by atoms with Gasteiger partial charge in [0.05, 0.1) is 0 Å². The predicted molar refractivity (Wildman–Crippen MR) is 31.5 cm³/mol. The van der Waals surface area contributed by atoms with E-state index in [-0.39, 0.29) is 0 Å². The Labute approximate surface area is 49.3 Å². The summed E-state index contributed by atoms with van der Waals surface area (Å²) >= 11 is 0. The van der Waals surface area contributed by atoms with Crippen LogP contribution in [0, 0.1) is 5.92 Å². The highest BCUT2D eigenvalue weighted by Crippen LogP contribution is 2.11. The van der Waals surface area contributed by atoms with Gasteiger partial charge in [-0.2, -0.15) is 0 Å². The van der Waals surface area contributed by atoms with E-state index in [2.05, 4.69) is 12.2 Å². The van der Waals surface area contributed by atoms with E-state index in [1.807, 2.05) is 0 Å². The van der Waals surface area contributed by atoms with Gasteiger partial charge in [0.1, 0.15) is 6.17 Å². The molecule has 1 rings (SSSR count). The molecule has 0 aliphatic carbocycles. The van der Waals surface area contributed by atoms with Crippen molar-refractivity contribution in [1.29, 1.82) is 0 Å². The Balaban J connectivity index is 2.23. The minimum Gasteiger partial charge on any atom is -0.314 e. The van der Waals surface area contributed by atoms with Crippen molar-refractivity contribution in [2.75, 3.05) is 13.1 Å². The molecule has 0 unspecified atom stereocenters. The molecule has 48 valence electrons. The molecule has 2 atom stereocenters. The molecule has 0 aromatic rings. The Bertz CT molecular complexity index is 66.9. The van der Waals surface area contributed by atoms with Gasteiger partial charge in [-0.1, -0.05) is 6.92 Å². The van der Waals surface area contributed by atoms with Crippen LogP contribution in [-0.4, -0.2) is 19.3 Å². The SMILES string of the molecule is C[C@@H]1CNC[C@@H](F)C1. The first kappa shape index (κ1) is 6.02. The first-order chi connectivity index (χ1) is 3.79. The van der Waals surface area contributed by atoms with Gasteiger partial charge in [-0.05, 0) is 18.9 Å². The normalized spacial score (nSPS) is 39.8. The van der Waals surface area contributed by atoms with Crippen molar-refractivity contribution in [3.8, 4) is 0 Å². The predicted octanol–water partition coefficient (Wildman–Crippen LogP) is 0.954. The molecule has 8 heavy (non-hydrogen) atoms. The molecule has 0 radical (unpaired) electrons. The summed E-state index contributed by atoms with van der Waals surface area (Å²) in [5.41, 5.74) is 0. The number of piperidine rings is 1. The standard InChI is InChI=1S/C6H12FN/c1-5-2-6(7)4-8-3-5/h5-6,8H,2-4H2,1H3/t5-,6-/m0/s1. The lowest BCUT2D eigenvalue weighted by molar-refractivity contribution is 0.224. The van der Waals surface area contributed by atoms with Crippen LogP contribution in [0.5, 0.6) is 0 Å². The van der Waals surface area contributed by atoms with Crippen molar-refractivity contribution in [3.05, 3.63) is 0 Å². The van der Waals surface area contributed by atoms with E-state index in [1.54, 1.807) is 0 Å². The summed E-state index contributed by atoms with van der Waals surface area (Å²) in [6.45, 7) is 3.61. The summed E-state index contributed by atoms with van der Waals surface area (Å²) in [6, 6.07) is 0. The second kappa shape index (κ2) is 2.44. The zero-order valence-electron chi connectivity index (χ0n) is 5.15. The van der Waals surface area contributed by atoms with Crippen LogP contribution in [0.25, 0.3) is 0 Å². The van der Waals surface area contributed by atoms with E-state index >= 15 is 0 Å². The molecule has 1 aliphatic heterocycles. The van der Waals surface area contributed by atoms with Crippen LogP contribution >= 0.6 is 0 Å². The van der Waals surface area contributed by atoms with Crippen molar-refractivity contribution in [3.63, 3.8) is 0 Å². The third-order valence-corrected chi connectivity index (χ3v) is 1.52. The first-order valence-electron chi connectivity index (χ1n) is 3.14. The van der Waals surface area contributed by atoms with Gasteiger partial charge in [0, 0.05) is 6.54 Å². The van der Waals surface area contributed by atoms with E-state index in [1.165, 1.54) is 0 Å². The average Bonchev–Trinajstić information content (AvgIpc) is 1.64. The molecular formula is C6H12FN. The molecule has 1 nitrogen and oxygen atoms in total. The molecule has 2 heteroatoms. The lowest BCUT2D eigenvalue weighted by atomic mass is 10.0. The topological polar surface area (TPSA) is 12.0 Å². The fraction of sp³-hybridized carbons (Fsp3) is 1.00. The van der Waals surface area contributed by atoms with Gasteiger partial charge in [-0.25, -0.2) is 4.39 Å². The van der Waals surface area contributed by atoms with E-state index in [0.717, 1.165) is 13.0 Å². The fourth-order valence-electron chi connectivity index (χ4n) is 1.09. The van der Waals surface area contributed by atoms with Crippen LogP contribution in [0.1, 0.15) is 13.3 Å². The van der Waals surface area contributed by atoms with Crippen molar-refractivity contribution in [2.24, 2.45) is 5.92 Å². The molecule has 0 bridgehead atoms. The maximum absolute atomic E-state index is 12.4. The second-order valence-corrected chi connectivity index (χ2v) is 2.60. The third kappa shape index (κ3) is 1.44. The number of hydrogen-bond acceptors (Lipinski definition) is 1. The molecule has 0 spiro atoms. The summed E-state index contributed by atoms with van der Waals surface area (Å²) in [5, 5.41) is 3.01.